The fourth-order valence-electron chi connectivity index (χ4n) is 2.76. The van der Waals surface area contributed by atoms with Crippen LogP contribution in [0, 0.1) is 11.3 Å². The third kappa shape index (κ3) is 4.51. The Labute approximate surface area is 150 Å². The molecular formula is C18H21BrN2O3. The van der Waals surface area contributed by atoms with E-state index in [0.29, 0.717) is 28.1 Å². The quantitative estimate of drug-likeness (QED) is 0.589. The van der Waals surface area contributed by atoms with Crippen LogP contribution in [0.5, 0.6) is 11.5 Å². The molecule has 0 spiro atoms. The van der Waals surface area contributed by atoms with Crippen LogP contribution in [0.2, 0.25) is 0 Å². The van der Waals surface area contributed by atoms with Gasteiger partial charge < -0.3 is 14.8 Å². The highest BCUT2D eigenvalue weighted by Crippen LogP contribution is 2.37. The summed E-state index contributed by atoms with van der Waals surface area (Å²) in [4.78, 5) is 12.3. The Kier molecular flexibility index (Phi) is 6.68. The van der Waals surface area contributed by atoms with Crippen molar-refractivity contribution in [2.75, 3.05) is 13.7 Å². The Hall–Kier alpha value is -2.00. The van der Waals surface area contributed by atoms with E-state index in [2.05, 4.69) is 21.2 Å². The van der Waals surface area contributed by atoms with E-state index in [-0.39, 0.29) is 17.5 Å². The number of rotatable bonds is 6. The second kappa shape index (κ2) is 8.74. The molecule has 1 aliphatic carbocycles. The Morgan fingerprint density at radius 3 is 2.75 bits per heavy atom. The number of hydrogen-bond donors (Lipinski definition) is 1. The minimum Gasteiger partial charge on any atom is -0.493 e. The maximum absolute atomic E-state index is 12.3. The molecule has 24 heavy (non-hydrogen) atoms. The summed E-state index contributed by atoms with van der Waals surface area (Å²) in [6, 6.07) is 5.70. The zero-order valence-electron chi connectivity index (χ0n) is 13.9. The first-order chi connectivity index (χ1) is 11.6. The van der Waals surface area contributed by atoms with Crippen LogP contribution in [0.1, 0.15) is 38.2 Å². The number of methoxy groups -OCH3 is 1. The topological polar surface area (TPSA) is 71.3 Å². The SMILES string of the molecule is CCOc1c(Br)cc(/C=C(/C#N)C(=O)NC2CCCC2)cc1OC. The molecule has 0 atom stereocenters. The number of halogens is 1. The van der Waals surface area contributed by atoms with E-state index in [4.69, 9.17) is 9.47 Å². The van der Waals surface area contributed by atoms with Crippen molar-refractivity contribution in [2.24, 2.45) is 0 Å². The normalized spacial score (nSPS) is 15.0. The lowest BCUT2D eigenvalue weighted by atomic mass is 10.1. The van der Waals surface area contributed by atoms with Crippen molar-refractivity contribution in [1.29, 1.82) is 5.26 Å². The van der Waals surface area contributed by atoms with Gasteiger partial charge in [0, 0.05) is 6.04 Å². The molecule has 2 rings (SSSR count). The highest BCUT2D eigenvalue weighted by molar-refractivity contribution is 9.10. The lowest BCUT2D eigenvalue weighted by Crippen LogP contribution is -2.33. The van der Waals surface area contributed by atoms with Crippen LogP contribution >= 0.6 is 15.9 Å². The molecular weight excluding hydrogens is 372 g/mol. The van der Waals surface area contributed by atoms with Crippen LogP contribution in [0.3, 0.4) is 0 Å². The van der Waals surface area contributed by atoms with Gasteiger partial charge in [0.05, 0.1) is 18.2 Å². The lowest BCUT2D eigenvalue weighted by molar-refractivity contribution is -0.117. The molecule has 0 aliphatic heterocycles. The average molecular weight is 393 g/mol. The minimum absolute atomic E-state index is 0.0833. The number of benzene rings is 1. The van der Waals surface area contributed by atoms with E-state index in [0.717, 1.165) is 25.7 Å². The second-order valence-electron chi connectivity index (χ2n) is 5.59. The van der Waals surface area contributed by atoms with E-state index in [9.17, 15) is 10.1 Å². The third-order valence-electron chi connectivity index (χ3n) is 3.91. The van der Waals surface area contributed by atoms with Gasteiger partial charge in [-0.25, -0.2) is 0 Å². The number of amides is 1. The lowest BCUT2D eigenvalue weighted by Gasteiger charge is -2.13. The number of carbonyl (C=O) groups excluding carboxylic acids is 1. The van der Waals surface area contributed by atoms with Gasteiger partial charge >= 0.3 is 0 Å². The molecule has 6 heteroatoms. The van der Waals surface area contributed by atoms with E-state index in [1.807, 2.05) is 13.0 Å². The van der Waals surface area contributed by atoms with Crippen LogP contribution in [-0.2, 0) is 4.79 Å². The number of carbonyl (C=O) groups is 1. The molecule has 1 fully saturated rings. The predicted octanol–water partition coefficient (Wildman–Crippen LogP) is 3.82. The molecule has 128 valence electrons. The zero-order valence-corrected chi connectivity index (χ0v) is 15.5. The van der Waals surface area contributed by atoms with E-state index >= 15 is 0 Å². The summed E-state index contributed by atoms with van der Waals surface area (Å²) in [6.07, 6.45) is 5.77. The molecule has 1 amide bonds. The number of nitrogens with one attached hydrogen (secondary N) is 1. The highest BCUT2D eigenvalue weighted by atomic mass is 79.9. The number of nitrogens with zero attached hydrogens (tertiary/aromatic N) is 1. The standard InChI is InChI=1S/C18H21BrN2O3/c1-3-24-17-15(19)9-12(10-16(17)23-2)8-13(11-20)18(22)21-14-6-4-5-7-14/h8-10,14H,3-7H2,1-2H3,(H,21,22)/b13-8-. The zero-order chi connectivity index (χ0) is 17.5. The van der Waals surface area contributed by atoms with Crippen LogP contribution in [-0.4, -0.2) is 25.7 Å². The first kappa shape index (κ1) is 18.3. The number of nitriles is 1. The third-order valence-corrected chi connectivity index (χ3v) is 4.50. The fourth-order valence-corrected chi connectivity index (χ4v) is 3.33. The molecule has 1 aromatic rings. The molecule has 0 saturated heterocycles. The van der Waals surface area contributed by atoms with Crippen LogP contribution in [0.15, 0.2) is 22.2 Å². The van der Waals surface area contributed by atoms with Gasteiger partial charge in [-0.15, -0.1) is 0 Å². The van der Waals surface area contributed by atoms with Crippen molar-refractivity contribution >= 4 is 27.9 Å². The van der Waals surface area contributed by atoms with Crippen molar-refractivity contribution in [3.8, 4) is 17.6 Å². The minimum atomic E-state index is -0.326. The van der Waals surface area contributed by atoms with Gasteiger partial charge in [0.1, 0.15) is 11.6 Å². The summed E-state index contributed by atoms with van der Waals surface area (Å²) in [5.74, 6) is 0.824. The Bertz CT molecular complexity index is 674. The molecule has 1 N–H and O–H groups in total. The summed E-state index contributed by atoms with van der Waals surface area (Å²) < 4.78 is 11.6. The maximum Gasteiger partial charge on any atom is 0.262 e. The van der Waals surface area contributed by atoms with Crippen LogP contribution < -0.4 is 14.8 Å². The van der Waals surface area contributed by atoms with E-state index in [1.165, 1.54) is 0 Å². The van der Waals surface area contributed by atoms with Crippen LogP contribution in [0.4, 0.5) is 0 Å². The molecule has 1 aromatic carbocycles. The molecule has 0 heterocycles. The molecule has 0 radical (unpaired) electrons. The Balaban J connectivity index is 2.25. The molecule has 0 bridgehead atoms. The predicted molar refractivity (Wildman–Crippen MR) is 95.9 cm³/mol. The van der Waals surface area contributed by atoms with Gasteiger partial charge in [-0.05, 0) is 59.5 Å². The number of hydrogen-bond acceptors (Lipinski definition) is 4. The van der Waals surface area contributed by atoms with Crippen molar-refractivity contribution in [2.45, 2.75) is 38.6 Å². The Morgan fingerprint density at radius 2 is 2.17 bits per heavy atom. The van der Waals surface area contributed by atoms with Crippen molar-refractivity contribution in [3.63, 3.8) is 0 Å². The summed E-state index contributed by atoms with van der Waals surface area (Å²) in [5.41, 5.74) is 0.778. The molecule has 5 nitrogen and oxygen atoms in total. The van der Waals surface area contributed by atoms with Gasteiger partial charge in [0.2, 0.25) is 0 Å². The number of ether oxygens (including phenoxy) is 2. The van der Waals surface area contributed by atoms with Gasteiger partial charge in [0.25, 0.3) is 5.91 Å². The van der Waals surface area contributed by atoms with E-state index in [1.54, 1.807) is 25.3 Å². The molecule has 1 aliphatic rings. The van der Waals surface area contributed by atoms with Gasteiger partial charge in [-0.3, -0.25) is 4.79 Å². The summed E-state index contributed by atoms with van der Waals surface area (Å²) in [6.45, 7) is 2.40. The Morgan fingerprint density at radius 1 is 1.46 bits per heavy atom. The largest absolute Gasteiger partial charge is 0.493 e. The average Bonchev–Trinajstić information content (AvgIpc) is 3.07. The maximum atomic E-state index is 12.3. The van der Waals surface area contributed by atoms with Crippen LogP contribution in [0.25, 0.3) is 6.08 Å². The van der Waals surface area contributed by atoms with Gasteiger partial charge in [-0.1, -0.05) is 12.8 Å². The molecule has 0 unspecified atom stereocenters. The highest BCUT2D eigenvalue weighted by Gasteiger charge is 2.19. The first-order valence-corrected chi connectivity index (χ1v) is 8.81. The van der Waals surface area contributed by atoms with Crippen molar-refractivity contribution in [3.05, 3.63) is 27.7 Å². The van der Waals surface area contributed by atoms with Crippen molar-refractivity contribution < 1.29 is 14.3 Å². The summed E-state index contributed by atoms with van der Waals surface area (Å²) in [5, 5.41) is 12.2. The molecule has 0 aromatic heterocycles. The monoisotopic (exact) mass is 392 g/mol. The van der Waals surface area contributed by atoms with Gasteiger partial charge in [-0.2, -0.15) is 5.26 Å². The van der Waals surface area contributed by atoms with E-state index < -0.39 is 0 Å². The van der Waals surface area contributed by atoms with Gasteiger partial charge in [0.15, 0.2) is 11.5 Å². The molecule has 1 saturated carbocycles. The summed E-state index contributed by atoms with van der Waals surface area (Å²) >= 11 is 3.44. The fraction of sp³-hybridized carbons (Fsp3) is 0.444. The summed E-state index contributed by atoms with van der Waals surface area (Å²) in [7, 11) is 1.55. The smallest absolute Gasteiger partial charge is 0.262 e. The van der Waals surface area contributed by atoms with Crippen molar-refractivity contribution in [1.82, 2.24) is 5.32 Å². The first-order valence-electron chi connectivity index (χ1n) is 8.02. The second-order valence-corrected chi connectivity index (χ2v) is 6.45.